The summed E-state index contributed by atoms with van der Waals surface area (Å²) in [7, 11) is 0. The number of halogens is 3. The monoisotopic (exact) mass is 339 g/mol. The summed E-state index contributed by atoms with van der Waals surface area (Å²) in [6, 6.07) is 11.4. The van der Waals surface area contributed by atoms with E-state index in [0.29, 0.717) is 23.0 Å². The lowest BCUT2D eigenvalue weighted by Gasteiger charge is -2.20. The fourth-order valence-corrected chi connectivity index (χ4v) is 2.65. The van der Waals surface area contributed by atoms with Gasteiger partial charge >= 0.3 is 0 Å². The highest BCUT2D eigenvalue weighted by Crippen LogP contribution is 2.27. The maximum atomic E-state index is 13.9. The highest BCUT2D eigenvalue weighted by Gasteiger charge is 2.17. The molecule has 0 aliphatic carbocycles. The Bertz CT molecular complexity index is 586. The summed E-state index contributed by atoms with van der Waals surface area (Å²) in [6.45, 7) is 2.68. The number of nitrogens with one attached hydrogen (secondary N) is 1. The largest absolute Gasteiger partial charge is 0.310 e. The molecule has 0 amide bonds. The Hall–Kier alpha value is -1.26. The Balaban J connectivity index is 2.31. The SMILES string of the molecule is CCNC(Cc1cccc(F)c1Br)c1ccccc1F. The van der Waals surface area contributed by atoms with Crippen LogP contribution in [-0.2, 0) is 6.42 Å². The maximum Gasteiger partial charge on any atom is 0.137 e. The van der Waals surface area contributed by atoms with Crippen molar-refractivity contribution in [2.45, 2.75) is 19.4 Å². The van der Waals surface area contributed by atoms with Crippen LogP contribution in [0.2, 0.25) is 0 Å². The molecular weight excluding hydrogens is 324 g/mol. The topological polar surface area (TPSA) is 12.0 Å². The summed E-state index contributed by atoms with van der Waals surface area (Å²) in [5.41, 5.74) is 1.42. The van der Waals surface area contributed by atoms with E-state index in [-0.39, 0.29) is 17.7 Å². The van der Waals surface area contributed by atoms with Gasteiger partial charge in [0.1, 0.15) is 11.6 Å². The molecule has 0 aromatic heterocycles. The van der Waals surface area contributed by atoms with E-state index in [0.717, 1.165) is 5.56 Å². The number of hydrogen-bond acceptors (Lipinski definition) is 1. The molecule has 106 valence electrons. The average molecular weight is 340 g/mol. The van der Waals surface area contributed by atoms with E-state index in [1.807, 2.05) is 19.1 Å². The first-order valence-corrected chi connectivity index (χ1v) is 7.33. The van der Waals surface area contributed by atoms with Crippen molar-refractivity contribution >= 4 is 15.9 Å². The average Bonchev–Trinajstić information content (AvgIpc) is 2.44. The van der Waals surface area contributed by atoms with E-state index < -0.39 is 0 Å². The van der Waals surface area contributed by atoms with Gasteiger partial charge in [0, 0.05) is 11.6 Å². The molecule has 0 heterocycles. The van der Waals surface area contributed by atoms with Crippen molar-refractivity contribution < 1.29 is 8.78 Å². The van der Waals surface area contributed by atoms with Gasteiger partial charge in [0.2, 0.25) is 0 Å². The van der Waals surface area contributed by atoms with Crippen LogP contribution in [0.1, 0.15) is 24.1 Å². The minimum atomic E-state index is -0.300. The van der Waals surface area contributed by atoms with Crippen LogP contribution in [0.15, 0.2) is 46.9 Å². The minimum Gasteiger partial charge on any atom is -0.310 e. The molecule has 0 saturated carbocycles. The summed E-state index contributed by atoms with van der Waals surface area (Å²) in [4.78, 5) is 0. The third-order valence-corrected chi connectivity index (χ3v) is 4.07. The van der Waals surface area contributed by atoms with Crippen LogP contribution in [0.25, 0.3) is 0 Å². The standard InChI is InChI=1S/C16H16BrF2N/c1-2-20-15(12-7-3-4-8-13(12)18)10-11-6-5-9-14(19)16(11)17/h3-9,15,20H,2,10H2,1H3. The van der Waals surface area contributed by atoms with Crippen LogP contribution in [0.5, 0.6) is 0 Å². The fourth-order valence-electron chi connectivity index (χ4n) is 2.22. The number of likely N-dealkylation sites (N-methyl/N-ethyl adjacent to an activating group) is 1. The van der Waals surface area contributed by atoms with E-state index in [1.165, 1.54) is 12.1 Å². The van der Waals surface area contributed by atoms with Gasteiger partial charge in [-0.25, -0.2) is 8.78 Å². The highest BCUT2D eigenvalue weighted by molar-refractivity contribution is 9.10. The van der Waals surface area contributed by atoms with Gasteiger partial charge in [-0.15, -0.1) is 0 Å². The van der Waals surface area contributed by atoms with Gasteiger partial charge in [-0.1, -0.05) is 37.3 Å². The molecule has 2 aromatic carbocycles. The van der Waals surface area contributed by atoms with E-state index in [4.69, 9.17) is 0 Å². The zero-order valence-electron chi connectivity index (χ0n) is 11.2. The molecule has 1 nitrogen and oxygen atoms in total. The molecule has 0 spiro atoms. The summed E-state index contributed by atoms with van der Waals surface area (Å²) < 4.78 is 27.9. The van der Waals surface area contributed by atoms with Crippen LogP contribution >= 0.6 is 15.9 Å². The van der Waals surface area contributed by atoms with Crippen molar-refractivity contribution in [3.63, 3.8) is 0 Å². The van der Waals surface area contributed by atoms with Crippen molar-refractivity contribution in [2.75, 3.05) is 6.54 Å². The first kappa shape index (κ1) is 15.1. The molecular formula is C16H16BrF2N. The van der Waals surface area contributed by atoms with Crippen LogP contribution in [0.3, 0.4) is 0 Å². The van der Waals surface area contributed by atoms with Crippen LogP contribution < -0.4 is 5.32 Å². The van der Waals surface area contributed by atoms with Gasteiger partial charge in [-0.05, 0) is 46.6 Å². The summed E-state index contributed by atoms with van der Waals surface area (Å²) in [5.74, 6) is -0.544. The number of hydrogen-bond donors (Lipinski definition) is 1. The zero-order valence-corrected chi connectivity index (χ0v) is 12.8. The minimum absolute atomic E-state index is 0.181. The summed E-state index contributed by atoms with van der Waals surface area (Å²) in [5, 5.41) is 3.25. The second-order valence-electron chi connectivity index (χ2n) is 4.55. The normalized spacial score (nSPS) is 12.4. The Morgan fingerprint density at radius 2 is 1.75 bits per heavy atom. The van der Waals surface area contributed by atoms with Crippen molar-refractivity contribution in [1.29, 1.82) is 0 Å². The van der Waals surface area contributed by atoms with Gasteiger partial charge in [0.25, 0.3) is 0 Å². The molecule has 0 fully saturated rings. The quantitative estimate of drug-likeness (QED) is 0.837. The lowest BCUT2D eigenvalue weighted by molar-refractivity contribution is 0.507. The first-order chi connectivity index (χ1) is 9.63. The van der Waals surface area contributed by atoms with Crippen molar-refractivity contribution in [2.24, 2.45) is 0 Å². The Labute approximate surface area is 126 Å². The van der Waals surface area contributed by atoms with E-state index >= 15 is 0 Å². The Kier molecular flexibility index (Phi) is 5.26. The highest BCUT2D eigenvalue weighted by atomic mass is 79.9. The molecule has 0 saturated heterocycles. The predicted molar refractivity (Wildman–Crippen MR) is 80.6 cm³/mol. The second-order valence-corrected chi connectivity index (χ2v) is 5.34. The molecule has 0 bridgehead atoms. The third kappa shape index (κ3) is 3.44. The molecule has 2 aromatic rings. The van der Waals surface area contributed by atoms with Gasteiger partial charge in [-0.2, -0.15) is 0 Å². The van der Waals surface area contributed by atoms with Crippen molar-refractivity contribution in [3.05, 3.63) is 69.7 Å². The maximum absolute atomic E-state index is 13.9. The fraction of sp³-hybridized carbons (Fsp3) is 0.250. The molecule has 4 heteroatoms. The molecule has 0 radical (unpaired) electrons. The molecule has 2 rings (SSSR count). The summed E-state index contributed by atoms with van der Waals surface area (Å²) in [6.07, 6.45) is 0.521. The van der Waals surface area contributed by atoms with Crippen LogP contribution in [0.4, 0.5) is 8.78 Å². The smallest absolute Gasteiger partial charge is 0.137 e. The van der Waals surface area contributed by atoms with Gasteiger partial charge in [-0.3, -0.25) is 0 Å². The van der Waals surface area contributed by atoms with Gasteiger partial charge in [0.15, 0.2) is 0 Å². The lowest BCUT2D eigenvalue weighted by atomic mass is 9.98. The summed E-state index contributed by atoms with van der Waals surface area (Å²) >= 11 is 3.25. The Morgan fingerprint density at radius 1 is 1.05 bits per heavy atom. The molecule has 1 unspecified atom stereocenters. The number of benzene rings is 2. The van der Waals surface area contributed by atoms with E-state index in [2.05, 4.69) is 21.2 Å². The van der Waals surface area contributed by atoms with Gasteiger partial charge < -0.3 is 5.32 Å². The van der Waals surface area contributed by atoms with Crippen molar-refractivity contribution in [3.8, 4) is 0 Å². The molecule has 20 heavy (non-hydrogen) atoms. The van der Waals surface area contributed by atoms with Crippen LogP contribution in [0, 0.1) is 11.6 Å². The van der Waals surface area contributed by atoms with Gasteiger partial charge in [0.05, 0.1) is 4.47 Å². The molecule has 1 atom stereocenters. The van der Waals surface area contributed by atoms with E-state index in [1.54, 1.807) is 18.2 Å². The Morgan fingerprint density at radius 3 is 2.45 bits per heavy atom. The lowest BCUT2D eigenvalue weighted by Crippen LogP contribution is -2.24. The van der Waals surface area contributed by atoms with Crippen LogP contribution in [-0.4, -0.2) is 6.54 Å². The molecule has 0 aliphatic rings. The van der Waals surface area contributed by atoms with Crippen molar-refractivity contribution in [1.82, 2.24) is 5.32 Å². The zero-order chi connectivity index (χ0) is 14.5. The predicted octanol–water partition coefficient (Wildman–Crippen LogP) is 4.62. The molecule has 1 N–H and O–H groups in total. The van der Waals surface area contributed by atoms with E-state index in [9.17, 15) is 8.78 Å². The number of rotatable bonds is 5. The molecule has 0 aliphatic heterocycles. The third-order valence-electron chi connectivity index (χ3n) is 3.19. The first-order valence-electron chi connectivity index (χ1n) is 6.54. The second kappa shape index (κ2) is 6.95.